The molecule has 0 unspecified atom stereocenters. The van der Waals surface area contributed by atoms with Gasteiger partial charge in [0.15, 0.2) is 0 Å². The zero-order valence-corrected chi connectivity index (χ0v) is 14.3. The monoisotopic (exact) mass is 361 g/mol. The molecular weight excluding hydrogens is 342 g/mol. The lowest BCUT2D eigenvalue weighted by Gasteiger charge is -2.30. The van der Waals surface area contributed by atoms with Gasteiger partial charge in [-0.3, -0.25) is 4.79 Å². The van der Waals surface area contributed by atoms with Gasteiger partial charge in [0.05, 0.1) is 0 Å². The SMILES string of the molecule is CN(/C=C(/C#N)C(=O)Nc1ccc(Br)cc1)C1CCCCC1. The fourth-order valence-corrected chi connectivity index (χ4v) is 2.93. The van der Waals surface area contributed by atoms with Crippen molar-refractivity contribution in [1.29, 1.82) is 5.26 Å². The van der Waals surface area contributed by atoms with Crippen molar-refractivity contribution in [2.24, 2.45) is 0 Å². The molecule has 0 aromatic heterocycles. The minimum atomic E-state index is -0.368. The van der Waals surface area contributed by atoms with E-state index in [0.717, 1.165) is 17.3 Å². The molecule has 4 nitrogen and oxygen atoms in total. The zero-order chi connectivity index (χ0) is 15.9. The van der Waals surface area contributed by atoms with E-state index in [0.29, 0.717) is 11.7 Å². The van der Waals surface area contributed by atoms with Crippen LogP contribution in [0.15, 0.2) is 40.5 Å². The molecule has 1 aliphatic rings. The number of amides is 1. The smallest absolute Gasteiger partial charge is 0.267 e. The number of halogens is 1. The number of carbonyl (C=O) groups is 1. The lowest BCUT2D eigenvalue weighted by atomic mass is 9.94. The van der Waals surface area contributed by atoms with Crippen molar-refractivity contribution >= 4 is 27.5 Å². The van der Waals surface area contributed by atoms with Gasteiger partial charge in [-0.2, -0.15) is 5.26 Å². The number of nitrogens with zero attached hydrogens (tertiary/aromatic N) is 2. The number of rotatable bonds is 4. The van der Waals surface area contributed by atoms with Crippen molar-refractivity contribution in [2.45, 2.75) is 38.1 Å². The van der Waals surface area contributed by atoms with Crippen LogP contribution in [-0.2, 0) is 4.79 Å². The minimum absolute atomic E-state index is 0.135. The Morgan fingerprint density at radius 1 is 1.32 bits per heavy atom. The normalized spacial score (nSPS) is 16.0. The Morgan fingerprint density at radius 2 is 1.95 bits per heavy atom. The van der Waals surface area contributed by atoms with Crippen molar-refractivity contribution in [3.8, 4) is 6.07 Å². The van der Waals surface area contributed by atoms with E-state index >= 15 is 0 Å². The first-order valence-electron chi connectivity index (χ1n) is 7.51. The molecule has 1 aromatic carbocycles. The number of nitrogens with one attached hydrogen (secondary N) is 1. The average molecular weight is 362 g/mol. The standard InChI is InChI=1S/C17H20BrN3O/c1-21(16-5-3-2-4-6-16)12-13(11-19)17(22)20-15-9-7-14(18)8-10-15/h7-10,12,16H,2-6H2,1H3,(H,20,22)/b13-12-. The van der Waals surface area contributed by atoms with Gasteiger partial charge in [-0.15, -0.1) is 0 Å². The summed E-state index contributed by atoms with van der Waals surface area (Å²) in [4.78, 5) is 14.2. The van der Waals surface area contributed by atoms with Crippen molar-refractivity contribution in [3.63, 3.8) is 0 Å². The number of hydrogen-bond donors (Lipinski definition) is 1. The van der Waals surface area contributed by atoms with E-state index in [2.05, 4.69) is 21.2 Å². The summed E-state index contributed by atoms with van der Waals surface area (Å²) in [6.07, 6.45) is 7.64. The van der Waals surface area contributed by atoms with Crippen LogP contribution in [0.4, 0.5) is 5.69 Å². The van der Waals surface area contributed by atoms with E-state index in [9.17, 15) is 10.1 Å². The lowest BCUT2D eigenvalue weighted by Crippen LogP contribution is -2.30. The predicted octanol–water partition coefficient (Wildman–Crippen LogP) is 4.06. The van der Waals surface area contributed by atoms with Crippen molar-refractivity contribution in [1.82, 2.24) is 4.90 Å². The average Bonchev–Trinajstić information content (AvgIpc) is 2.55. The molecule has 1 N–H and O–H groups in total. The Bertz CT molecular complexity index is 583. The molecule has 1 aromatic rings. The van der Waals surface area contributed by atoms with Crippen LogP contribution in [0.3, 0.4) is 0 Å². The van der Waals surface area contributed by atoms with Gasteiger partial charge in [-0.05, 0) is 37.1 Å². The lowest BCUT2D eigenvalue weighted by molar-refractivity contribution is -0.112. The number of carbonyl (C=O) groups excluding carboxylic acids is 1. The number of benzene rings is 1. The number of anilines is 1. The molecule has 22 heavy (non-hydrogen) atoms. The van der Waals surface area contributed by atoms with Crippen LogP contribution < -0.4 is 5.32 Å². The van der Waals surface area contributed by atoms with Crippen LogP contribution in [-0.4, -0.2) is 23.9 Å². The number of hydrogen-bond acceptors (Lipinski definition) is 3. The molecule has 5 heteroatoms. The van der Waals surface area contributed by atoms with E-state index in [1.807, 2.05) is 30.1 Å². The van der Waals surface area contributed by atoms with Gasteiger partial charge in [0.25, 0.3) is 5.91 Å². The first kappa shape index (κ1) is 16.6. The Balaban J connectivity index is 2.03. The summed E-state index contributed by atoms with van der Waals surface area (Å²) in [6, 6.07) is 9.71. The van der Waals surface area contributed by atoms with Crippen molar-refractivity contribution in [2.75, 3.05) is 12.4 Å². The van der Waals surface area contributed by atoms with Crippen LogP contribution in [0.25, 0.3) is 0 Å². The third-order valence-corrected chi connectivity index (χ3v) is 4.48. The van der Waals surface area contributed by atoms with Gasteiger partial charge in [-0.1, -0.05) is 35.2 Å². The minimum Gasteiger partial charge on any atom is -0.376 e. The molecule has 0 bridgehead atoms. The fourth-order valence-electron chi connectivity index (χ4n) is 2.67. The topological polar surface area (TPSA) is 56.1 Å². The Hall–Kier alpha value is -1.80. The molecule has 1 fully saturated rings. The van der Waals surface area contributed by atoms with E-state index in [4.69, 9.17) is 0 Å². The van der Waals surface area contributed by atoms with Gasteiger partial charge in [0.2, 0.25) is 0 Å². The van der Waals surface area contributed by atoms with Crippen molar-refractivity contribution in [3.05, 3.63) is 40.5 Å². The summed E-state index contributed by atoms with van der Waals surface area (Å²) < 4.78 is 0.943. The Kier molecular flexibility index (Phi) is 6.02. The second-order valence-corrected chi connectivity index (χ2v) is 6.49. The molecule has 1 aliphatic carbocycles. The third-order valence-electron chi connectivity index (χ3n) is 3.95. The van der Waals surface area contributed by atoms with Crippen LogP contribution in [0, 0.1) is 11.3 Å². The third kappa shape index (κ3) is 4.60. The van der Waals surface area contributed by atoms with Gasteiger partial charge < -0.3 is 10.2 Å². The van der Waals surface area contributed by atoms with Crippen LogP contribution in [0.1, 0.15) is 32.1 Å². The summed E-state index contributed by atoms with van der Waals surface area (Å²) >= 11 is 3.35. The van der Waals surface area contributed by atoms with Crippen LogP contribution in [0.2, 0.25) is 0 Å². The predicted molar refractivity (Wildman–Crippen MR) is 91.1 cm³/mol. The quantitative estimate of drug-likeness (QED) is 0.649. The number of nitriles is 1. The molecule has 1 amide bonds. The summed E-state index contributed by atoms with van der Waals surface area (Å²) in [6.45, 7) is 0. The maximum absolute atomic E-state index is 12.2. The van der Waals surface area contributed by atoms with E-state index in [1.54, 1.807) is 18.3 Å². The summed E-state index contributed by atoms with van der Waals surface area (Å²) in [5.41, 5.74) is 0.811. The fraction of sp³-hybridized carbons (Fsp3) is 0.412. The van der Waals surface area contributed by atoms with E-state index < -0.39 is 0 Å². The first-order valence-corrected chi connectivity index (χ1v) is 8.30. The van der Waals surface area contributed by atoms with Gasteiger partial charge >= 0.3 is 0 Å². The molecule has 0 atom stereocenters. The molecule has 0 aliphatic heterocycles. The molecule has 2 rings (SSSR count). The zero-order valence-electron chi connectivity index (χ0n) is 12.7. The highest BCUT2D eigenvalue weighted by Crippen LogP contribution is 2.22. The second-order valence-electron chi connectivity index (χ2n) is 5.57. The molecule has 0 spiro atoms. The first-order chi connectivity index (χ1) is 10.6. The molecule has 0 heterocycles. The molecule has 0 radical (unpaired) electrons. The maximum Gasteiger partial charge on any atom is 0.267 e. The van der Waals surface area contributed by atoms with Crippen LogP contribution >= 0.6 is 15.9 Å². The molecular formula is C17H20BrN3O. The maximum atomic E-state index is 12.2. The molecule has 1 saturated carbocycles. The largest absolute Gasteiger partial charge is 0.376 e. The summed E-state index contributed by atoms with van der Waals surface area (Å²) in [5, 5.41) is 12.0. The van der Waals surface area contributed by atoms with E-state index in [1.165, 1.54) is 19.3 Å². The second kappa shape index (κ2) is 8.00. The molecule has 0 saturated heterocycles. The highest BCUT2D eigenvalue weighted by atomic mass is 79.9. The van der Waals surface area contributed by atoms with Crippen LogP contribution in [0.5, 0.6) is 0 Å². The summed E-state index contributed by atoms with van der Waals surface area (Å²) in [7, 11) is 1.94. The highest BCUT2D eigenvalue weighted by Gasteiger charge is 2.18. The Morgan fingerprint density at radius 3 is 2.55 bits per heavy atom. The summed E-state index contributed by atoms with van der Waals surface area (Å²) in [5.74, 6) is -0.368. The van der Waals surface area contributed by atoms with Gasteiger partial charge in [0.1, 0.15) is 11.6 Å². The molecule has 116 valence electrons. The Labute approximate surface area is 139 Å². The van der Waals surface area contributed by atoms with Gasteiger partial charge in [-0.25, -0.2) is 0 Å². The highest BCUT2D eigenvalue weighted by molar-refractivity contribution is 9.10. The van der Waals surface area contributed by atoms with Crippen molar-refractivity contribution < 1.29 is 4.79 Å². The van der Waals surface area contributed by atoms with E-state index in [-0.39, 0.29) is 11.5 Å². The van der Waals surface area contributed by atoms with Gasteiger partial charge in [0, 0.05) is 29.4 Å².